The van der Waals surface area contributed by atoms with Crippen LogP contribution >= 0.6 is 0 Å². The Bertz CT molecular complexity index is 506. The third-order valence-corrected chi connectivity index (χ3v) is 1.60. The molecule has 0 heterocycles. The van der Waals surface area contributed by atoms with Crippen molar-refractivity contribution in [2.24, 2.45) is 5.73 Å². The maximum absolute atomic E-state index is 13.2. The molecule has 0 aromatic heterocycles. The molecule has 0 spiro atoms. The van der Waals surface area contributed by atoms with E-state index in [-0.39, 0.29) is 0 Å². The fourth-order valence-electron chi connectivity index (χ4n) is 0.940. The maximum Gasteiger partial charge on any atom is 0.335 e. The van der Waals surface area contributed by atoms with Gasteiger partial charge in [-0.25, -0.2) is 13.6 Å². The van der Waals surface area contributed by atoms with Crippen LogP contribution in [0.1, 0.15) is 15.9 Å². The molecule has 0 saturated carbocycles. The van der Waals surface area contributed by atoms with E-state index in [2.05, 4.69) is 5.73 Å². The zero-order chi connectivity index (χ0) is 12.3. The number of hydrogen-bond donors (Lipinski definition) is 2. The highest BCUT2D eigenvalue weighted by atomic mass is 19.1. The first-order valence-corrected chi connectivity index (χ1v) is 3.95. The van der Waals surface area contributed by atoms with Gasteiger partial charge in [-0.2, -0.15) is 0 Å². The Labute approximate surface area is 88.7 Å². The molecule has 0 aliphatic rings. The van der Waals surface area contributed by atoms with Crippen LogP contribution in [0.2, 0.25) is 0 Å². The molecule has 0 saturated heterocycles. The molecule has 0 fully saturated rings. The van der Waals surface area contributed by atoms with Crippen molar-refractivity contribution in [1.29, 1.82) is 0 Å². The van der Waals surface area contributed by atoms with E-state index in [1.165, 1.54) is 0 Å². The summed E-state index contributed by atoms with van der Waals surface area (Å²) in [6, 6.07) is 1.22. The Balaban J connectivity index is 3.30. The number of carbonyl (C=O) groups is 2. The molecule has 6 heteroatoms. The third kappa shape index (κ3) is 2.54. The molecule has 82 valence electrons. The number of halogens is 2. The van der Waals surface area contributed by atoms with E-state index in [0.29, 0.717) is 12.1 Å². The van der Waals surface area contributed by atoms with E-state index >= 15 is 0 Å². The zero-order valence-corrected chi connectivity index (χ0v) is 7.75. The number of amides is 1. The number of benzene rings is 1. The molecule has 0 bridgehead atoms. The van der Waals surface area contributed by atoms with Crippen molar-refractivity contribution >= 4 is 11.9 Å². The average Bonchev–Trinajstić information content (AvgIpc) is 2.15. The number of nitrogens with two attached hydrogens (primary N) is 1. The number of aromatic carboxylic acids is 1. The summed E-state index contributed by atoms with van der Waals surface area (Å²) in [4.78, 5) is 20.7. The molecule has 1 aromatic rings. The minimum Gasteiger partial charge on any atom is -0.478 e. The molecule has 0 atom stereocenters. The molecular weight excluding hydrogens is 220 g/mol. The lowest BCUT2D eigenvalue weighted by Gasteiger charge is -1.99. The van der Waals surface area contributed by atoms with Gasteiger partial charge in [0.1, 0.15) is 11.6 Å². The van der Waals surface area contributed by atoms with Crippen molar-refractivity contribution in [3.63, 3.8) is 0 Å². The van der Waals surface area contributed by atoms with E-state index in [0.717, 1.165) is 0 Å². The van der Waals surface area contributed by atoms with Crippen LogP contribution in [-0.2, 0) is 4.79 Å². The molecule has 0 aliphatic carbocycles. The van der Waals surface area contributed by atoms with Crippen molar-refractivity contribution in [2.45, 2.75) is 0 Å². The van der Waals surface area contributed by atoms with Gasteiger partial charge in [-0.3, -0.25) is 4.79 Å². The summed E-state index contributed by atoms with van der Waals surface area (Å²) in [5.41, 5.74) is 3.43. The standard InChI is InChI=1S/C10H5F2NO3/c11-7-3-5(10(15)16)4-8(12)6(7)1-2-9(13)14/h3-4H,(H2,13,14)(H,15,16). The third-order valence-electron chi connectivity index (χ3n) is 1.60. The van der Waals surface area contributed by atoms with E-state index in [1.807, 2.05) is 5.92 Å². The molecule has 1 amide bonds. The Morgan fingerprint density at radius 2 is 1.75 bits per heavy atom. The van der Waals surface area contributed by atoms with Crippen molar-refractivity contribution < 1.29 is 23.5 Å². The Hall–Kier alpha value is -2.42. The molecule has 16 heavy (non-hydrogen) atoms. The second-order valence-electron chi connectivity index (χ2n) is 2.73. The number of carbonyl (C=O) groups excluding carboxylic acids is 1. The van der Waals surface area contributed by atoms with E-state index in [9.17, 15) is 18.4 Å². The average molecular weight is 225 g/mol. The Morgan fingerprint density at radius 3 is 2.12 bits per heavy atom. The van der Waals surface area contributed by atoms with Crippen LogP contribution < -0.4 is 5.73 Å². The molecule has 0 unspecified atom stereocenters. The van der Waals surface area contributed by atoms with E-state index in [1.54, 1.807) is 5.92 Å². The summed E-state index contributed by atoms with van der Waals surface area (Å²) in [6.07, 6.45) is 0. The summed E-state index contributed by atoms with van der Waals surface area (Å²) < 4.78 is 26.3. The minimum absolute atomic E-state index is 0.542. The molecular formula is C10H5F2NO3. The highest BCUT2D eigenvalue weighted by molar-refractivity contribution is 5.92. The second kappa shape index (κ2) is 4.40. The van der Waals surface area contributed by atoms with Gasteiger partial charge in [0.2, 0.25) is 0 Å². The number of carboxylic acids is 1. The smallest absolute Gasteiger partial charge is 0.335 e. The van der Waals surface area contributed by atoms with Crippen LogP contribution in [0.3, 0.4) is 0 Å². The topological polar surface area (TPSA) is 80.4 Å². The van der Waals surface area contributed by atoms with Crippen molar-refractivity contribution in [2.75, 3.05) is 0 Å². The highest BCUT2D eigenvalue weighted by Crippen LogP contribution is 2.14. The largest absolute Gasteiger partial charge is 0.478 e. The molecule has 3 N–H and O–H groups in total. The quantitative estimate of drug-likeness (QED) is 0.683. The summed E-state index contributed by atoms with van der Waals surface area (Å²) in [7, 11) is 0. The second-order valence-corrected chi connectivity index (χ2v) is 2.73. The summed E-state index contributed by atoms with van der Waals surface area (Å²) in [5.74, 6) is -1.20. The fourth-order valence-corrected chi connectivity index (χ4v) is 0.940. The van der Waals surface area contributed by atoms with E-state index < -0.39 is 34.6 Å². The normalized spacial score (nSPS) is 9.12. The first-order valence-electron chi connectivity index (χ1n) is 3.95. The van der Waals surface area contributed by atoms with Gasteiger partial charge in [-0.15, -0.1) is 0 Å². The van der Waals surface area contributed by atoms with Crippen LogP contribution in [0.4, 0.5) is 8.78 Å². The van der Waals surface area contributed by atoms with Crippen molar-refractivity contribution in [3.05, 3.63) is 34.9 Å². The molecule has 4 nitrogen and oxygen atoms in total. The fraction of sp³-hybridized carbons (Fsp3) is 0. The predicted molar refractivity (Wildman–Crippen MR) is 49.4 cm³/mol. The zero-order valence-electron chi connectivity index (χ0n) is 7.75. The summed E-state index contributed by atoms with van der Waals surface area (Å²) in [5, 5.41) is 8.50. The predicted octanol–water partition coefficient (Wildman–Crippen LogP) is 0.500. The van der Waals surface area contributed by atoms with Crippen LogP contribution in [0.5, 0.6) is 0 Å². The monoisotopic (exact) mass is 225 g/mol. The van der Waals surface area contributed by atoms with Gasteiger partial charge in [0.15, 0.2) is 0 Å². The lowest BCUT2D eigenvalue weighted by atomic mass is 10.1. The van der Waals surface area contributed by atoms with Crippen molar-refractivity contribution in [1.82, 2.24) is 0 Å². The van der Waals surface area contributed by atoms with Crippen LogP contribution in [0.15, 0.2) is 12.1 Å². The lowest BCUT2D eigenvalue weighted by molar-refractivity contribution is -0.112. The van der Waals surface area contributed by atoms with Gasteiger partial charge in [0.25, 0.3) is 5.91 Å². The Kier molecular flexibility index (Phi) is 3.20. The van der Waals surface area contributed by atoms with Crippen LogP contribution in [-0.4, -0.2) is 17.0 Å². The number of hydrogen-bond acceptors (Lipinski definition) is 2. The SMILES string of the molecule is NC(=O)C#Cc1c(F)cc(C(=O)O)cc1F. The summed E-state index contributed by atoms with van der Waals surface area (Å²) in [6.45, 7) is 0. The van der Waals surface area contributed by atoms with E-state index in [4.69, 9.17) is 5.11 Å². The first kappa shape index (κ1) is 11.7. The van der Waals surface area contributed by atoms with Gasteiger partial charge in [0, 0.05) is 5.92 Å². The highest BCUT2D eigenvalue weighted by Gasteiger charge is 2.12. The first-order chi connectivity index (χ1) is 7.41. The number of primary amides is 1. The summed E-state index contributed by atoms with van der Waals surface area (Å²) >= 11 is 0. The van der Waals surface area contributed by atoms with Crippen LogP contribution in [0, 0.1) is 23.5 Å². The van der Waals surface area contributed by atoms with Gasteiger partial charge in [-0.05, 0) is 12.1 Å². The molecule has 0 radical (unpaired) electrons. The Morgan fingerprint density at radius 1 is 1.25 bits per heavy atom. The van der Waals surface area contributed by atoms with Gasteiger partial charge >= 0.3 is 5.97 Å². The van der Waals surface area contributed by atoms with Crippen molar-refractivity contribution in [3.8, 4) is 11.8 Å². The number of rotatable bonds is 1. The maximum atomic E-state index is 13.2. The lowest BCUT2D eigenvalue weighted by Crippen LogP contribution is -2.07. The van der Waals surface area contributed by atoms with Crippen LogP contribution in [0.25, 0.3) is 0 Å². The van der Waals surface area contributed by atoms with Gasteiger partial charge in [0.05, 0.1) is 11.1 Å². The van der Waals surface area contributed by atoms with Gasteiger partial charge in [-0.1, -0.05) is 5.92 Å². The molecule has 1 rings (SSSR count). The number of carboxylic acid groups (broad SMARTS) is 1. The molecule has 1 aromatic carbocycles. The minimum atomic E-state index is -1.47. The van der Waals surface area contributed by atoms with Gasteiger partial charge < -0.3 is 10.8 Å². The molecule has 0 aliphatic heterocycles.